The molecule has 1 aromatic heterocycles. The number of halogens is 1. The summed E-state index contributed by atoms with van der Waals surface area (Å²) in [4.78, 5) is 30.0. The Morgan fingerprint density at radius 3 is 2.14 bits per heavy atom. The van der Waals surface area contributed by atoms with Crippen molar-refractivity contribution in [3.63, 3.8) is 0 Å². The van der Waals surface area contributed by atoms with Gasteiger partial charge in [0.05, 0.1) is 18.2 Å². The number of pyridine rings is 1. The van der Waals surface area contributed by atoms with Crippen LogP contribution in [0.2, 0.25) is 0 Å². The fourth-order valence-electron chi connectivity index (χ4n) is 3.94. The van der Waals surface area contributed by atoms with Crippen molar-refractivity contribution in [2.45, 2.75) is 12.8 Å². The Balaban J connectivity index is 1.27. The first kappa shape index (κ1) is 23.8. The van der Waals surface area contributed by atoms with E-state index in [4.69, 9.17) is 9.47 Å². The minimum Gasteiger partial charge on any atom is -0.495 e. The maximum Gasteiger partial charge on any atom is 0.240 e. The number of nitriles is 1. The van der Waals surface area contributed by atoms with Gasteiger partial charge in [-0.3, -0.25) is 14.6 Å². The number of ether oxygens (including phenoxy) is 2. The van der Waals surface area contributed by atoms with Crippen molar-refractivity contribution in [3.05, 3.63) is 84.3 Å². The number of carbonyl (C=O) groups excluding carboxylic acids is 2. The molecule has 2 amide bonds. The number of amides is 2. The monoisotopic (exact) mass is 496 g/mol. The Bertz CT molecular complexity index is 1540. The summed E-state index contributed by atoms with van der Waals surface area (Å²) in [6.45, 7) is 0. The van der Waals surface area contributed by atoms with Gasteiger partial charge in [-0.15, -0.1) is 0 Å². The molecule has 1 aliphatic rings. The number of benzene rings is 3. The van der Waals surface area contributed by atoms with Crippen molar-refractivity contribution in [2.24, 2.45) is 5.41 Å². The number of nitrogens with one attached hydrogen (secondary N) is 2. The van der Waals surface area contributed by atoms with Crippen molar-refractivity contribution in [2.75, 3.05) is 17.7 Å². The molecule has 0 saturated heterocycles. The van der Waals surface area contributed by atoms with Gasteiger partial charge in [-0.05, 0) is 73.5 Å². The summed E-state index contributed by atoms with van der Waals surface area (Å²) < 4.78 is 24.4. The van der Waals surface area contributed by atoms with Crippen LogP contribution in [0.4, 0.5) is 15.8 Å². The Hall–Kier alpha value is -4.97. The lowest BCUT2D eigenvalue weighted by atomic mass is 10.0. The van der Waals surface area contributed by atoms with E-state index in [2.05, 4.69) is 21.7 Å². The molecule has 1 heterocycles. The maximum absolute atomic E-state index is 13.1. The van der Waals surface area contributed by atoms with Crippen LogP contribution in [0.5, 0.6) is 17.2 Å². The van der Waals surface area contributed by atoms with Gasteiger partial charge in [0.15, 0.2) is 0 Å². The molecule has 37 heavy (non-hydrogen) atoms. The van der Waals surface area contributed by atoms with E-state index in [9.17, 15) is 19.2 Å². The zero-order valence-electron chi connectivity index (χ0n) is 19.7. The molecule has 1 aliphatic carbocycles. The lowest BCUT2D eigenvalue weighted by Crippen LogP contribution is -2.35. The molecule has 0 spiro atoms. The molecule has 0 radical (unpaired) electrons. The van der Waals surface area contributed by atoms with Crippen molar-refractivity contribution >= 4 is 34.1 Å². The number of hydrogen-bond donors (Lipinski definition) is 2. The highest BCUT2D eigenvalue weighted by Gasteiger charge is 2.56. The smallest absolute Gasteiger partial charge is 0.240 e. The average Bonchev–Trinajstić information content (AvgIpc) is 3.73. The molecular weight excluding hydrogens is 475 g/mol. The van der Waals surface area contributed by atoms with Crippen LogP contribution >= 0.6 is 0 Å². The van der Waals surface area contributed by atoms with Gasteiger partial charge in [0, 0.05) is 29.0 Å². The van der Waals surface area contributed by atoms with Crippen LogP contribution in [0.15, 0.2) is 72.9 Å². The van der Waals surface area contributed by atoms with E-state index in [1.54, 1.807) is 48.7 Å². The zero-order valence-corrected chi connectivity index (χ0v) is 19.7. The first-order valence-electron chi connectivity index (χ1n) is 11.4. The fraction of sp³-hybridized carbons (Fsp3) is 0.143. The molecule has 0 unspecified atom stereocenters. The van der Waals surface area contributed by atoms with Crippen molar-refractivity contribution in [1.82, 2.24) is 4.98 Å². The van der Waals surface area contributed by atoms with Crippen LogP contribution in [0.3, 0.4) is 0 Å². The van der Waals surface area contributed by atoms with E-state index < -0.39 is 23.0 Å². The van der Waals surface area contributed by atoms with E-state index >= 15 is 0 Å². The lowest BCUT2D eigenvalue weighted by molar-refractivity contribution is -0.131. The van der Waals surface area contributed by atoms with Gasteiger partial charge in [0.2, 0.25) is 11.8 Å². The molecule has 0 aliphatic heterocycles. The molecule has 1 saturated carbocycles. The number of fused-ring (bicyclic) bond motifs is 1. The molecular formula is C28H21FN4O4. The second kappa shape index (κ2) is 9.59. The van der Waals surface area contributed by atoms with Gasteiger partial charge < -0.3 is 20.1 Å². The number of methoxy groups -OCH3 is 1. The molecule has 3 aromatic carbocycles. The number of carbonyl (C=O) groups is 2. The Kier molecular flexibility index (Phi) is 6.15. The van der Waals surface area contributed by atoms with Crippen molar-refractivity contribution in [1.29, 1.82) is 5.26 Å². The summed E-state index contributed by atoms with van der Waals surface area (Å²) in [6.07, 6.45) is 2.46. The van der Waals surface area contributed by atoms with Crippen LogP contribution in [0.1, 0.15) is 18.4 Å². The minimum atomic E-state index is -1.15. The van der Waals surface area contributed by atoms with E-state index in [1.807, 2.05) is 0 Å². The van der Waals surface area contributed by atoms with Crippen LogP contribution in [-0.2, 0) is 9.59 Å². The second-order valence-electron chi connectivity index (χ2n) is 8.61. The predicted molar refractivity (Wildman–Crippen MR) is 135 cm³/mol. The van der Waals surface area contributed by atoms with Crippen LogP contribution in [-0.4, -0.2) is 23.9 Å². The third-order valence-electron chi connectivity index (χ3n) is 6.20. The van der Waals surface area contributed by atoms with E-state index in [1.165, 1.54) is 31.4 Å². The summed E-state index contributed by atoms with van der Waals surface area (Å²) >= 11 is 0. The highest BCUT2D eigenvalue weighted by Crippen LogP contribution is 2.47. The topological polar surface area (TPSA) is 113 Å². The van der Waals surface area contributed by atoms with Crippen molar-refractivity contribution < 1.29 is 23.5 Å². The Morgan fingerprint density at radius 1 is 0.946 bits per heavy atom. The summed E-state index contributed by atoms with van der Waals surface area (Å²) in [7, 11) is 1.49. The van der Waals surface area contributed by atoms with Crippen LogP contribution < -0.4 is 20.1 Å². The number of hydrogen-bond acceptors (Lipinski definition) is 6. The van der Waals surface area contributed by atoms with Gasteiger partial charge in [-0.25, -0.2) is 4.39 Å². The summed E-state index contributed by atoms with van der Waals surface area (Å²) in [6, 6.07) is 19.3. The summed E-state index contributed by atoms with van der Waals surface area (Å²) in [5.41, 5.74) is 0.762. The third-order valence-corrected chi connectivity index (χ3v) is 6.20. The molecule has 4 aromatic rings. The maximum atomic E-state index is 13.1. The molecule has 9 heteroatoms. The summed E-state index contributed by atoms with van der Waals surface area (Å²) in [5, 5.41) is 15.5. The molecule has 2 N–H and O–H groups in total. The molecule has 0 bridgehead atoms. The zero-order chi connectivity index (χ0) is 26.0. The third kappa shape index (κ3) is 4.77. The standard InChI is InChI=1S/C28H21FN4O4/c1-36-25-15-23-22(14-17(25)16-30)24(10-13-31-23)37-21-8-6-20(7-9-21)33-27(35)28(11-12-28)26(34)32-19-4-2-18(29)3-5-19/h2-10,13-15H,11-12H2,1H3,(H,32,34)(H,33,35). The fourth-order valence-corrected chi connectivity index (χ4v) is 3.94. The van der Waals surface area contributed by atoms with Crippen molar-refractivity contribution in [3.8, 4) is 23.3 Å². The molecule has 0 atom stereocenters. The summed E-state index contributed by atoms with van der Waals surface area (Å²) in [5.74, 6) is 0.215. The number of anilines is 2. The Labute approximate surface area is 211 Å². The average molecular weight is 496 g/mol. The van der Waals surface area contributed by atoms with Gasteiger partial charge in [-0.1, -0.05) is 0 Å². The number of aromatic nitrogens is 1. The number of rotatable bonds is 7. The SMILES string of the molecule is COc1cc2nccc(Oc3ccc(NC(=O)C4(C(=O)Nc5ccc(F)cc5)CC4)cc3)c2cc1C#N. The van der Waals surface area contributed by atoms with E-state index in [0.29, 0.717) is 57.9 Å². The highest BCUT2D eigenvalue weighted by molar-refractivity contribution is 6.16. The largest absolute Gasteiger partial charge is 0.495 e. The predicted octanol–water partition coefficient (Wildman–Crippen LogP) is 5.40. The number of nitrogens with zero attached hydrogens (tertiary/aromatic N) is 2. The molecule has 8 nitrogen and oxygen atoms in total. The first-order valence-corrected chi connectivity index (χ1v) is 11.4. The first-order chi connectivity index (χ1) is 17.9. The second-order valence-corrected chi connectivity index (χ2v) is 8.61. The quantitative estimate of drug-likeness (QED) is 0.331. The molecule has 1 fully saturated rings. The van der Waals surface area contributed by atoms with Gasteiger partial charge in [-0.2, -0.15) is 5.26 Å². The molecule has 184 valence electrons. The van der Waals surface area contributed by atoms with Gasteiger partial charge >= 0.3 is 0 Å². The van der Waals surface area contributed by atoms with Crippen LogP contribution in [0, 0.1) is 22.6 Å². The minimum absolute atomic E-state index is 0.364. The normalized spacial score (nSPS) is 13.3. The van der Waals surface area contributed by atoms with Gasteiger partial charge in [0.1, 0.15) is 34.5 Å². The van der Waals surface area contributed by atoms with Gasteiger partial charge in [0.25, 0.3) is 0 Å². The van der Waals surface area contributed by atoms with Crippen LogP contribution in [0.25, 0.3) is 10.9 Å². The lowest BCUT2D eigenvalue weighted by Gasteiger charge is -2.16. The van der Waals surface area contributed by atoms with E-state index in [0.717, 1.165) is 0 Å². The van der Waals surface area contributed by atoms with E-state index in [-0.39, 0.29) is 0 Å². The highest BCUT2D eigenvalue weighted by atomic mass is 19.1. The molecule has 5 rings (SSSR count). The Morgan fingerprint density at radius 2 is 1.57 bits per heavy atom.